The van der Waals surface area contributed by atoms with Gasteiger partial charge in [0.15, 0.2) is 0 Å². The Bertz CT molecular complexity index is 1920. The van der Waals surface area contributed by atoms with E-state index in [1.807, 2.05) is 0 Å². The lowest BCUT2D eigenvalue weighted by Gasteiger charge is -2.15. The molecule has 0 radical (unpaired) electrons. The highest BCUT2D eigenvalue weighted by molar-refractivity contribution is 6.25. The van der Waals surface area contributed by atoms with Crippen molar-refractivity contribution in [2.75, 3.05) is 14.1 Å². The molecule has 0 aromatic heterocycles. The first kappa shape index (κ1) is 39.5. The minimum atomic E-state index is -2.19. The van der Waals surface area contributed by atoms with Crippen molar-refractivity contribution in [1.29, 1.82) is 0 Å². The molecule has 0 aliphatic heterocycles. The second-order valence-corrected chi connectivity index (χ2v) is 13.5. The Morgan fingerprint density at radius 2 is 0.808 bits per heavy atom. The van der Waals surface area contributed by atoms with E-state index in [2.05, 4.69) is 174 Å². The number of nitrogens with two attached hydrogens (primary N) is 2. The lowest BCUT2D eigenvalue weighted by atomic mass is 9.94. The molecule has 0 saturated heterocycles. The number of carboxylic acid groups (broad SMARTS) is 2. The maximum absolute atomic E-state index is 8.93. The quantitative estimate of drug-likeness (QED) is 0.193. The van der Waals surface area contributed by atoms with E-state index < -0.39 is 11.9 Å². The Labute approximate surface area is 308 Å². The van der Waals surface area contributed by atoms with E-state index in [4.69, 9.17) is 19.8 Å². The molecule has 0 amide bonds. The third kappa shape index (κ3) is 10.8. The van der Waals surface area contributed by atoms with Crippen LogP contribution in [0, 0.1) is 27.7 Å². The molecule has 52 heavy (non-hydrogen) atoms. The molecule has 6 nitrogen and oxygen atoms in total. The zero-order valence-electron chi connectivity index (χ0n) is 31.3. The number of carboxylic acids is 2. The number of carbonyl (C=O) groups is 2. The van der Waals surface area contributed by atoms with Gasteiger partial charge in [0.05, 0.1) is 26.0 Å². The Kier molecular flexibility index (Phi) is 14.7. The normalized spacial score (nSPS) is 11.9. The van der Waals surface area contributed by atoms with Crippen LogP contribution in [0.3, 0.4) is 0 Å². The van der Waals surface area contributed by atoms with Crippen LogP contribution >= 0.6 is 0 Å². The Morgan fingerprint density at radius 3 is 1.12 bits per heavy atom. The molecule has 2 atom stereocenters. The predicted octanol–water partition coefficient (Wildman–Crippen LogP) is 5.13. The fraction of sp³-hybridized carbons (Fsp3) is 0.261. The summed E-state index contributed by atoms with van der Waals surface area (Å²) in [5, 5.41) is 28.1. The molecule has 6 heteroatoms. The van der Waals surface area contributed by atoms with Crippen LogP contribution in [0.4, 0.5) is 0 Å². The van der Waals surface area contributed by atoms with Gasteiger partial charge in [-0.25, -0.2) is 0 Å². The third-order valence-electron chi connectivity index (χ3n) is 9.90. The van der Waals surface area contributed by atoms with Crippen LogP contribution in [0.5, 0.6) is 0 Å². The number of fused-ring (bicyclic) bond motifs is 2. The summed E-state index contributed by atoms with van der Waals surface area (Å²) in [5.41, 5.74) is 11.2. The van der Waals surface area contributed by atoms with Crippen molar-refractivity contribution in [3.8, 4) is 0 Å². The van der Waals surface area contributed by atoms with Gasteiger partial charge in [-0.1, -0.05) is 132 Å². The summed E-state index contributed by atoms with van der Waals surface area (Å²) in [6.07, 6.45) is 4.55. The molecule has 0 bridgehead atoms. The molecule has 270 valence electrons. The molecule has 4 N–H and O–H groups in total. The maximum atomic E-state index is 8.93. The van der Waals surface area contributed by atoms with Crippen molar-refractivity contribution in [2.45, 2.75) is 65.5 Å². The van der Waals surface area contributed by atoms with E-state index in [0.717, 1.165) is 25.7 Å². The number of hydrogen-bond donors (Lipinski definition) is 2. The Balaban J connectivity index is 0.000000202. The van der Waals surface area contributed by atoms with E-state index in [1.165, 1.54) is 66.1 Å². The first-order chi connectivity index (χ1) is 25.0. The third-order valence-corrected chi connectivity index (χ3v) is 9.90. The number of benzene rings is 6. The van der Waals surface area contributed by atoms with Gasteiger partial charge in [-0.05, 0) is 84.3 Å². The van der Waals surface area contributed by atoms with E-state index in [9.17, 15) is 0 Å². The van der Waals surface area contributed by atoms with Crippen LogP contribution in [-0.2, 0) is 22.4 Å². The highest BCUT2D eigenvalue weighted by Crippen LogP contribution is 2.27. The van der Waals surface area contributed by atoms with Gasteiger partial charge in [0.2, 0.25) is 0 Å². The number of rotatable bonds is 10. The summed E-state index contributed by atoms with van der Waals surface area (Å²) in [5.74, 6) is -4.37. The topological polar surface area (TPSA) is 113 Å². The number of hydrogen-bond acceptors (Lipinski definition) is 4. The van der Waals surface area contributed by atoms with Crippen molar-refractivity contribution in [3.05, 3.63) is 166 Å². The van der Waals surface area contributed by atoms with Crippen molar-refractivity contribution in [2.24, 2.45) is 0 Å². The van der Waals surface area contributed by atoms with E-state index >= 15 is 0 Å². The van der Waals surface area contributed by atoms with Gasteiger partial charge in [0.1, 0.15) is 12.1 Å². The Hall–Kier alpha value is -5.30. The summed E-state index contributed by atoms with van der Waals surface area (Å²) in [6, 6.07) is 45.7. The van der Waals surface area contributed by atoms with Gasteiger partial charge in [-0.3, -0.25) is 0 Å². The van der Waals surface area contributed by atoms with Crippen molar-refractivity contribution >= 4 is 33.5 Å². The zero-order chi connectivity index (χ0) is 37.6. The highest BCUT2D eigenvalue weighted by Gasteiger charge is 2.15. The second kappa shape index (κ2) is 19.3. The molecule has 0 saturated carbocycles. The van der Waals surface area contributed by atoms with Gasteiger partial charge < -0.3 is 30.4 Å². The maximum Gasteiger partial charge on any atom is 0.112 e. The lowest BCUT2D eigenvalue weighted by Crippen LogP contribution is -2.81. The van der Waals surface area contributed by atoms with Crippen molar-refractivity contribution in [1.82, 2.24) is 0 Å². The van der Waals surface area contributed by atoms with Gasteiger partial charge in [0.25, 0.3) is 0 Å². The van der Waals surface area contributed by atoms with Crippen LogP contribution < -0.4 is 20.8 Å². The van der Waals surface area contributed by atoms with Crippen LogP contribution in [0.2, 0.25) is 0 Å². The zero-order valence-corrected chi connectivity index (χ0v) is 31.3. The second-order valence-electron chi connectivity index (χ2n) is 13.5. The fourth-order valence-electron chi connectivity index (χ4n) is 6.76. The number of carbonyl (C=O) groups excluding carboxylic acids is 2. The molecular formula is C46H52N2O4. The minimum absolute atomic E-state index is 0.524. The van der Waals surface area contributed by atoms with Gasteiger partial charge in [-0.2, -0.15) is 0 Å². The van der Waals surface area contributed by atoms with Crippen LogP contribution in [0.1, 0.15) is 69.4 Å². The molecule has 0 heterocycles. The molecule has 2 unspecified atom stereocenters. The molecule has 0 aliphatic rings. The van der Waals surface area contributed by atoms with Gasteiger partial charge in [0, 0.05) is 24.0 Å². The number of quaternary nitrogens is 2. The smallest absolute Gasteiger partial charge is 0.112 e. The number of aliphatic carboxylic acids is 2. The SMILES string of the molecule is C[NH2+]C(CCc1ccc(C)c2ccccc12)c1ccc(C)cc1.C[NH2+]C(CCc1ccc(C)c2ccccc12)c1ccc(C)cc1.O=C([O-])C(=O)[O-]. The van der Waals surface area contributed by atoms with E-state index in [0.29, 0.717) is 12.1 Å². The van der Waals surface area contributed by atoms with Crippen molar-refractivity contribution < 1.29 is 30.4 Å². The first-order valence-corrected chi connectivity index (χ1v) is 18.1. The average Bonchev–Trinajstić information content (AvgIpc) is 3.16. The summed E-state index contributed by atoms with van der Waals surface area (Å²) in [6.45, 7) is 8.68. The van der Waals surface area contributed by atoms with E-state index in [1.54, 1.807) is 0 Å². The summed E-state index contributed by atoms with van der Waals surface area (Å²) < 4.78 is 0. The molecule has 0 fully saturated rings. The fourth-order valence-corrected chi connectivity index (χ4v) is 6.76. The summed E-state index contributed by atoms with van der Waals surface area (Å²) in [4.78, 5) is 17.9. The lowest BCUT2D eigenvalue weighted by molar-refractivity contribution is -0.671. The van der Waals surface area contributed by atoms with Crippen LogP contribution in [-0.4, -0.2) is 26.0 Å². The molecule has 0 aliphatic carbocycles. The highest BCUT2D eigenvalue weighted by atomic mass is 16.4. The van der Waals surface area contributed by atoms with Crippen molar-refractivity contribution in [3.63, 3.8) is 0 Å². The largest absolute Gasteiger partial charge is 0.543 e. The number of aryl methyl sites for hydroxylation is 6. The van der Waals surface area contributed by atoms with Gasteiger partial charge in [-0.15, -0.1) is 0 Å². The minimum Gasteiger partial charge on any atom is -0.543 e. The van der Waals surface area contributed by atoms with Crippen LogP contribution in [0.15, 0.2) is 121 Å². The molecule has 6 aromatic carbocycles. The monoisotopic (exact) mass is 696 g/mol. The standard InChI is InChI=1S/2C22H25N.C2H2O4/c2*1-16-8-11-19(12-9-16)22(23-3)15-14-18-13-10-17(2)20-6-4-5-7-21(18)20;3-1(4)2(5)6/h2*4-13,22-23H,14-15H2,1-3H3;(H,3,4)(H,5,6). The van der Waals surface area contributed by atoms with Gasteiger partial charge >= 0.3 is 0 Å². The molecule has 6 aromatic rings. The average molecular weight is 697 g/mol. The van der Waals surface area contributed by atoms with E-state index in [-0.39, 0.29) is 0 Å². The summed E-state index contributed by atoms with van der Waals surface area (Å²) >= 11 is 0. The molecule has 6 rings (SSSR count). The van der Waals surface area contributed by atoms with Crippen LogP contribution in [0.25, 0.3) is 21.5 Å². The molecular weight excluding hydrogens is 645 g/mol. The summed E-state index contributed by atoms with van der Waals surface area (Å²) in [7, 11) is 4.36. The Morgan fingerprint density at radius 1 is 0.481 bits per heavy atom. The predicted molar refractivity (Wildman–Crippen MR) is 208 cm³/mol. The molecule has 0 spiro atoms. The first-order valence-electron chi connectivity index (χ1n) is 18.1.